The van der Waals surface area contributed by atoms with Crippen molar-refractivity contribution in [3.05, 3.63) is 40.9 Å². The average molecular weight is 323 g/mol. The minimum atomic E-state index is -0.675. The first kappa shape index (κ1) is 16.0. The molecule has 0 atom stereocenters. The number of rotatable bonds is 5. The molecule has 1 saturated carbocycles. The van der Waals surface area contributed by atoms with Gasteiger partial charge in [0.05, 0.1) is 0 Å². The van der Waals surface area contributed by atoms with Crippen LogP contribution in [0.2, 0.25) is 5.02 Å². The van der Waals surface area contributed by atoms with Gasteiger partial charge in [-0.1, -0.05) is 23.7 Å². The third-order valence-electron chi connectivity index (χ3n) is 2.79. The first-order valence-electron chi connectivity index (χ1n) is 6.73. The highest BCUT2D eigenvalue weighted by Crippen LogP contribution is 2.18. The van der Waals surface area contributed by atoms with Gasteiger partial charge in [0.25, 0.3) is 5.91 Å². The fraction of sp³-hybridized carbons (Fsp3) is 0.267. The molecule has 0 aliphatic heterocycles. The average Bonchev–Trinajstić information content (AvgIpc) is 3.28. The minimum absolute atomic E-state index is 0.151. The topological polar surface area (TPSA) is 84.5 Å². The molecule has 3 amide bonds. The van der Waals surface area contributed by atoms with Gasteiger partial charge in [0.2, 0.25) is 0 Å². The lowest BCUT2D eigenvalue weighted by Gasteiger charge is -2.05. The highest BCUT2D eigenvalue weighted by Gasteiger charge is 2.23. The summed E-state index contributed by atoms with van der Waals surface area (Å²) in [6.45, 7) is -0.512. The van der Waals surface area contributed by atoms with Crippen LogP contribution >= 0.6 is 11.6 Å². The van der Waals surface area contributed by atoms with Crippen LogP contribution in [0.3, 0.4) is 0 Å². The number of esters is 1. The van der Waals surface area contributed by atoms with Crippen molar-refractivity contribution >= 4 is 35.6 Å². The van der Waals surface area contributed by atoms with E-state index in [0.717, 1.165) is 18.4 Å². The Morgan fingerprint density at radius 1 is 1.23 bits per heavy atom. The maximum Gasteiger partial charge on any atom is 0.331 e. The summed E-state index contributed by atoms with van der Waals surface area (Å²) in [6.07, 6.45) is 4.58. The first-order valence-corrected chi connectivity index (χ1v) is 7.11. The third kappa shape index (κ3) is 5.97. The van der Waals surface area contributed by atoms with Crippen molar-refractivity contribution in [2.24, 2.45) is 0 Å². The quantitative estimate of drug-likeness (QED) is 0.640. The predicted octanol–water partition coefficient (Wildman–Crippen LogP) is 1.88. The van der Waals surface area contributed by atoms with Gasteiger partial charge in [-0.3, -0.25) is 10.1 Å². The lowest BCUT2D eigenvalue weighted by atomic mass is 10.2. The Morgan fingerprint density at radius 3 is 2.55 bits per heavy atom. The van der Waals surface area contributed by atoms with E-state index < -0.39 is 24.5 Å². The number of carbonyl (C=O) groups is 3. The van der Waals surface area contributed by atoms with Gasteiger partial charge < -0.3 is 10.1 Å². The summed E-state index contributed by atoms with van der Waals surface area (Å²) in [5.74, 6) is -1.35. The van der Waals surface area contributed by atoms with Crippen LogP contribution in [0.25, 0.3) is 6.08 Å². The molecular weight excluding hydrogens is 308 g/mol. The number of carbonyl (C=O) groups excluding carboxylic acids is 3. The Kier molecular flexibility index (Phi) is 5.55. The van der Waals surface area contributed by atoms with E-state index in [1.165, 1.54) is 12.2 Å². The fourth-order valence-electron chi connectivity index (χ4n) is 1.53. The van der Waals surface area contributed by atoms with Gasteiger partial charge >= 0.3 is 12.0 Å². The molecule has 0 radical (unpaired) electrons. The molecule has 1 aliphatic rings. The summed E-state index contributed by atoms with van der Waals surface area (Å²) < 4.78 is 4.73. The second kappa shape index (κ2) is 7.61. The molecule has 0 bridgehead atoms. The maximum absolute atomic E-state index is 11.4. The van der Waals surface area contributed by atoms with Crippen LogP contribution in [0.5, 0.6) is 0 Å². The molecular formula is C15H15ClN2O4. The van der Waals surface area contributed by atoms with Crippen LogP contribution in [0.1, 0.15) is 18.4 Å². The van der Waals surface area contributed by atoms with Crippen LogP contribution in [0.4, 0.5) is 4.79 Å². The summed E-state index contributed by atoms with van der Waals surface area (Å²) in [5, 5.41) is 5.27. The van der Waals surface area contributed by atoms with E-state index in [4.69, 9.17) is 16.3 Å². The Morgan fingerprint density at radius 2 is 1.91 bits per heavy atom. The van der Waals surface area contributed by atoms with E-state index in [2.05, 4.69) is 10.6 Å². The monoisotopic (exact) mass is 322 g/mol. The Hall–Kier alpha value is -2.34. The molecule has 0 spiro atoms. The number of urea groups is 1. The molecule has 2 rings (SSSR count). The molecule has 1 fully saturated rings. The Labute approximate surface area is 132 Å². The third-order valence-corrected chi connectivity index (χ3v) is 3.04. The summed E-state index contributed by atoms with van der Waals surface area (Å²) >= 11 is 5.74. The van der Waals surface area contributed by atoms with Crippen LogP contribution in [-0.2, 0) is 14.3 Å². The zero-order chi connectivity index (χ0) is 15.9. The number of imide groups is 1. The molecule has 0 heterocycles. The molecule has 1 aliphatic carbocycles. The fourth-order valence-corrected chi connectivity index (χ4v) is 1.66. The largest absolute Gasteiger partial charge is 0.452 e. The van der Waals surface area contributed by atoms with Gasteiger partial charge in [0.15, 0.2) is 6.61 Å². The molecule has 6 nitrogen and oxygen atoms in total. The summed E-state index contributed by atoms with van der Waals surface area (Å²) in [7, 11) is 0. The summed E-state index contributed by atoms with van der Waals surface area (Å²) in [5.41, 5.74) is 0.773. The van der Waals surface area contributed by atoms with E-state index in [1.54, 1.807) is 24.3 Å². The van der Waals surface area contributed by atoms with Crippen molar-refractivity contribution in [3.8, 4) is 0 Å². The lowest BCUT2D eigenvalue weighted by molar-refractivity contribution is -0.143. The van der Waals surface area contributed by atoms with Crippen molar-refractivity contribution in [1.29, 1.82) is 0 Å². The number of ether oxygens (including phenoxy) is 1. The van der Waals surface area contributed by atoms with Crippen molar-refractivity contribution in [2.75, 3.05) is 6.61 Å². The molecule has 7 heteroatoms. The predicted molar refractivity (Wildman–Crippen MR) is 81.1 cm³/mol. The minimum Gasteiger partial charge on any atom is -0.452 e. The molecule has 0 unspecified atom stereocenters. The number of amides is 3. The molecule has 0 aromatic heterocycles. The molecule has 1 aromatic rings. The normalized spacial score (nSPS) is 13.7. The van der Waals surface area contributed by atoms with Gasteiger partial charge in [-0.15, -0.1) is 0 Å². The molecule has 22 heavy (non-hydrogen) atoms. The zero-order valence-corrected chi connectivity index (χ0v) is 12.4. The van der Waals surface area contributed by atoms with Crippen molar-refractivity contribution in [3.63, 3.8) is 0 Å². The van der Waals surface area contributed by atoms with Gasteiger partial charge in [-0.05, 0) is 36.6 Å². The second-order valence-corrected chi connectivity index (χ2v) is 5.22. The van der Waals surface area contributed by atoms with Crippen molar-refractivity contribution in [2.45, 2.75) is 18.9 Å². The number of nitrogens with one attached hydrogen (secondary N) is 2. The highest BCUT2D eigenvalue weighted by atomic mass is 35.5. The summed E-state index contributed by atoms with van der Waals surface area (Å²) in [4.78, 5) is 34.1. The smallest absolute Gasteiger partial charge is 0.331 e. The zero-order valence-electron chi connectivity index (χ0n) is 11.7. The van der Waals surface area contributed by atoms with Gasteiger partial charge in [-0.2, -0.15) is 0 Å². The van der Waals surface area contributed by atoms with Gasteiger partial charge in [-0.25, -0.2) is 9.59 Å². The molecule has 116 valence electrons. The van der Waals surface area contributed by atoms with Crippen LogP contribution in [0.15, 0.2) is 30.3 Å². The Balaban J connectivity index is 1.68. The van der Waals surface area contributed by atoms with Gasteiger partial charge in [0.1, 0.15) is 0 Å². The standard InChI is InChI=1S/C15H15ClN2O4/c16-11-4-1-10(2-5-11)3-8-14(20)22-9-13(19)18-15(21)17-12-6-7-12/h1-5,8,12H,6-7,9H2,(H2,17,18,19,21)/b8-3+. The number of hydrogen-bond acceptors (Lipinski definition) is 4. The van der Waals surface area contributed by atoms with E-state index in [1.807, 2.05) is 0 Å². The van der Waals surface area contributed by atoms with Crippen LogP contribution in [-0.4, -0.2) is 30.6 Å². The summed E-state index contributed by atoms with van der Waals surface area (Å²) in [6, 6.07) is 6.44. The van der Waals surface area contributed by atoms with E-state index in [0.29, 0.717) is 5.02 Å². The highest BCUT2D eigenvalue weighted by molar-refractivity contribution is 6.30. The van der Waals surface area contributed by atoms with Crippen LogP contribution in [0, 0.1) is 0 Å². The Bertz CT molecular complexity index is 594. The van der Waals surface area contributed by atoms with E-state index >= 15 is 0 Å². The number of benzene rings is 1. The molecule has 2 N–H and O–H groups in total. The van der Waals surface area contributed by atoms with Crippen molar-refractivity contribution < 1.29 is 19.1 Å². The first-order chi connectivity index (χ1) is 10.5. The SMILES string of the molecule is O=C(COC(=O)/C=C/c1ccc(Cl)cc1)NC(=O)NC1CC1. The van der Waals surface area contributed by atoms with Gasteiger partial charge in [0, 0.05) is 17.1 Å². The van der Waals surface area contributed by atoms with E-state index in [-0.39, 0.29) is 6.04 Å². The lowest BCUT2D eigenvalue weighted by Crippen LogP contribution is -2.42. The molecule has 0 saturated heterocycles. The maximum atomic E-state index is 11.4. The van der Waals surface area contributed by atoms with Crippen LogP contribution < -0.4 is 10.6 Å². The molecule has 1 aromatic carbocycles. The van der Waals surface area contributed by atoms with E-state index in [9.17, 15) is 14.4 Å². The number of halogens is 1. The van der Waals surface area contributed by atoms with Crippen molar-refractivity contribution in [1.82, 2.24) is 10.6 Å². The number of hydrogen-bond donors (Lipinski definition) is 2. The second-order valence-electron chi connectivity index (χ2n) is 4.79.